The van der Waals surface area contributed by atoms with Crippen molar-refractivity contribution in [3.63, 3.8) is 0 Å². The standard InChI is InChI=1S/C12H17FN2/c1-9-4-11(13)6-12(5-9)15-3-2-10(7-14)8-15/h4-6,10H,2-3,7-8,14H2,1H3. The van der Waals surface area contributed by atoms with E-state index in [1.165, 1.54) is 0 Å². The highest BCUT2D eigenvalue weighted by Gasteiger charge is 2.21. The minimum Gasteiger partial charge on any atom is -0.371 e. The van der Waals surface area contributed by atoms with Crippen molar-refractivity contribution >= 4 is 5.69 Å². The molecule has 3 heteroatoms. The fourth-order valence-electron chi connectivity index (χ4n) is 2.16. The summed E-state index contributed by atoms with van der Waals surface area (Å²) < 4.78 is 13.2. The molecular formula is C12H17FN2. The molecule has 1 aliphatic heterocycles. The summed E-state index contributed by atoms with van der Waals surface area (Å²) in [6.45, 7) is 4.60. The van der Waals surface area contributed by atoms with E-state index >= 15 is 0 Å². The molecule has 0 saturated carbocycles. The highest BCUT2D eigenvalue weighted by atomic mass is 19.1. The fourth-order valence-corrected chi connectivity index (χ4v) is 2.16. The maximum Gasteiger partial charge on any atom is 0.125 e. The van der Waals surface area contributed by atoms with Crippen LogP contribution in [0, 0.1) is 18.7 Å². The third kappa shape index (κ3) is 2.29. The van der Waals surface area contributed by atoms with Crippen molar-refractivity contribution < 1.29 is 4.39 Å². The van der Waals surface area contributed by atoms with E-state index in [2.05, 4.69) is 4.90 Å². The van der Waals surface area contributed by atoms with Crippen molar-refractivity contribution in [1.29, 1.82) is 0 Å². The summed E-state index contributed by atoms with van der Waals surface area (Å²) in [5.74, 6) is 0.412. The lowest BCUT2D eigenvalue weighted by Gasteiger charge is -2.19. The van der Waals surface area contributed by atoms with Crippen molar-refractivity contribution in [2.24, 2.45) is 11.7 Å². The molecule has 2 N–H and O–H groups in total. The molecule has 2 rings (SSSR count). The third-order valence-electron chi connectivity index (χ3n) is 3.01. The summed E-state index contributed by atoms with van der Waals surface area (Å²) >= 11 is 0. The number of halogens is 1. The molecule has 0 aromatic heterocycles. The zero-order valence-corrected chi connectivity index (χ0v) is 9.04. The Morgan fingerprint density at radius 1 is 1.47 bits per heavy atom. The zero-order valence-electron chi connectivity index (χ0n) is 9.04. The van der Waals surface area contributed by atoms with E-state index in [9.17, 15) is 4.39 Å². The monoisotopic (exact) mass is 208 g/mol. The predicted octanol–water partition coefficient (Wildman–Crippen LogP) is 1.92. The summed E-state index contributed by atoms with van der Waals surface area (Å²) in [5.41, 5.74) is 7.60. The smallest absolute Gasteiger partial charge is 0.125 e. The summed E-state index contributed by atoms with van der Waals surface area (Å²) in [4.78, 5) is 2.22. The maximum atomic E-state index is 13.2. The van der Waals surface area contributed by atoms with Crippen molar-refractivity contribution in [1.82, 2.24) is 0 Å². The van der Waals surface area contributed by atoms with Gasteiger partial charge >= 0.3 is 0 Å². The number of anilines is 1. The molecule has 1 saturated heterocycles. The first-order chi connectivity index (χ1) is 7.19. The Balaban J connectivity index is 2.16. The van der Waals surface area contributed by atoms with Gasteiger partial charge in [0.25, 0.3) is 0 Å². The Hall–Kier alpha value is -1.09. The quantitative estimate of drug-likeness (QED) is 0.804. The van der Waals surface area contributed by atoms with Crippen LogP contribution in [0.3, 0.4) is 0 Å². The second kappa shape index (κ2) is 4.19. The minimum atomic E-state index is -0.152. The van der Waals surface area contributed by atoms with Gasteiger partial charge in [-0.3, -0.25) is 0 Å². The molecule has 0 spiro atoms. The molecule has 1 aromatic carbocycles. The van der Waals surface area contributed by atoms with Gasteiger partial charge in [-0.2, -0.15) is 0 Å². The van der Waals surface area contributed by atoms with Crippen molar-refractivity contribution in [2.45, 2.75) is 13.3 Å². The first-order valence-corrected chi connectivity index (χ1v) is 5.41. The molecular weight excluding hydrogens is 191 g/mol. The van der Waals surface area contributed by atoms with E-state index < -0.39 is 0 Å². The largest absolute Gasteiger partial charge is 0.371 e. The topological polar surface area (TPSA) is 29.3 Å². The Bertz CT molecular complexity index is 331. The molecule has 1 aliphatic rings. The van der Waals surface area contributed by atoms with Crippen LogP contribution in [0.5, 0.6) is 0 Å². The molecule has 0 amide bonds. The number of rotatable bonds is 2. The molecule has 1 aromatic rings. The first-order valence-electron chi connectivity index (χ1n) is 5.41. The Labute approximate surface area is 89.9 Å². The highest BCUT2D eigenvalue weighted by Crippen LogP contribution is 2.24. The minimum absolute atomic E-state index is 0.152. The van der Waals surface area contributed by atoms with Crippen LogP contribution in [0.25, 0.3) is 0 Å². The summed E-state index contributed by atoms with van der Waals surface area (Å²) in [6, 6.07) is 5.19. The van der Waals surface area contributed by atoms with Gasteiger partial charge in [0.1, 0.15) is 5.82 Å². The molecule has 0 radical (unpaired) electrons. The second-order valence-corrected chi connectivity index (χ2v) is 4.32. The van der Waals surface area contributed by atoms with E-state index in [-0.39, 0.29) is 5.82 Å². The summed E-state index contributed by atoms with van der Waals surface area (Å²) in [5, 5.41) is 0. The maximum absolute atomic E-state index is 13.2. The zero-order chi connectivity index (χ0) is 10.8. The van der Waals surface area contributed by atoms with Gasteiger partial charge in [0, 0.05) is 18.8 Å². The second-order valence-electron chi connectivity index (χ2n) is 4.32. The predicted molar refractivity (Wildman–Crippen MR) is 60.5 cm³/mol. The molecule has 1 fully saturated rings. The van der Waals surface area contributed by atoms with Gasteiger partial charge in [-0.05, 0) is 49.6 Å². The number of nitrogens with two attached hydrogens (primary N) is 1. The number of benzene rings is 1. The van der Waals surface area contributed by atoms with E-state index in [1.807, 2.05) is 13.0 Å². The normalized spacial score (nSPS) is 21.0. The molecule has 1 unspecified atom stereocenters. The van der Waals surface area contributed by atoms with Crippen molar-refractivity contribution in [2.75, 3.05) is 24.5 Å². The molecule has 15 heavy (non-hydrogen) atoms. The van der Waals surface area contributed by atoms with Gasteiger partial charge in [0.05, 0.1) is 0 Å². The fraction of sp³-hybridized carbons (Fsp3) is 0.500. The lowest BCUT2D eigenvalue weighted by molar-refractivity contribution is 0.602. The van der Waals surface area contributed by atoms with Crippen LogP contribution < -0.4 is 10.6 Å². The van der Waals surface area contributed by atoms with Gasteiger partial charge in [0.2, 0.25) is 0 Å². The Morgan fingerprint density at radius 2 is 2.27 bits per heavy atom. The molecule has 0 aliphatic carbocycles. The van der Waals surface area contributed by atoms with Crippen LogP contribution >= 0.6 is 0 Å². The molecule has 1 heterocycles. The number of hydrogen-bond acceptors (Lipinski definition) is 2. The number of nitrogens with zero attached hydrogens (tertiary/aromatic N) is 1. The van der Waals surface area contributed by atoms with Crippen molar-refractivity contribution in [3.8, 4) is 0 Å². The number of aryl methyl sites for hydroxylation is 1. The number of hydrogen-bond donors (Lipinski definition) is 1. The molecule has 82 valence electrons. The SMILES string of the molecule is Cc1cc(F)cc(N2CCC(CN)C2)c1. The van der Waals surface area contributed by atoms with Crippen LogP contribution in [0.15, 0.2) is 18.2 Å². The molecule has 2 nitrogen and oxygen atoms in total. The van der Waals surface area contributed by atoms with Gasteiger partial charge < -0.3 is 10.6 Å². The van der Waals surface area contributed by atoms with Crippen molar-refractivity contribution in [3.05, 3.63) is 29.6 Å². The lowest BCUT2D eigenvalue weighted by atomic mass is 10.1. The van der Waals surface area contributed by atoms with Crippen LogP contribution in [0.2, 0.25) is 0 Å². The lowest BCUT2D eigenvalue weighted by Crippen LogP contribution is -2.22. The van der Waals surface area contributed by atoms with Gasteiger partial charge in [-0.1, -0.05) is 0 Å². The molecule has 0 bridgehead atoms. The van der Waals surface area contributed by atoms with E-state index in [0.29, 0.717) is 5.92 Å². The van der Waals surface area contributed by atoms with E-state index in [4.69, 9.17) is 5.73 Å². The van der Waals surface area contributed by atoms with Crippen LogP contribution in [0.1, 0.15) is 12.0 Å². The van der Waals surface area contributed by atoms with Gasteiger partial charge in [-0.15, -0.1) is 0 Å². The Kier molecular flexibility index (Phi) is 2.91. The summed E-state index contributed by atoms with van der Waals surface area (Å²) in [6.07, 6.45) is 1.12. The first kappa shape index (κ1) is 10.4. The van der Waals surface area contributed by atoms with Crippen LogP contribution in [-0.2, 0) is 0 Å². The van der Waals surface area contributed by atoms with E-state index in [1.54, 1.807) is 12.1 Å². The van der Waals surface area contributed by atoms with E-state index in [0.717, 1.165) is 37.3 Å². The van der Waals surface area contributed by atoms with Gasteiger partial charge in [-0.25, -0.2) is 4.39 Å². The summed E-state index contributed by atoms with van der Waals surface area (Å²) in [7, 11) is 0. The average Bonchev–Trinajstić information content (AvgIpc) is 2.64. The van der Waals surface area contributed by atoms with Crippen LogP contribution in [0.4, 0.5) is 10.1 Å². The average molecular weight is 208 g/mol. The van der Waals surface area contributed by atoms with Gasteiger partial charge in [0.15, 0.2) is 0 Å². The third-order valence-corrected chi connectivity index (χ3v) is 3.01. The molecule has 1 atom stereocenters. The Morgan fingerprint density at radius 3 is 2.87 bits per heavy atom. The highest BCUT2D eigenvalue weighted by molar-refractivity contribution is 5.49. The van der Waals surface area contributed by atoms with Crippen LogP contribution in [-0.4, -0.2) is 19.6 Å².